The number of ether oxygens (including phenoxy) is 2. The number of fused-ring (bicyclic) bond motifs is 3. The Morgan fingerprint density at radius 3 is 2.63 bits per heavy atom. The Labute approximate surface area is 160 Å². The molecule has 0 saturated carbocycles. The standard InChI is InChI=1S/C21H23NO4S/c1-4-7-14-11-17-16(12-15(14)13-27(22,23)24)18(8-5-2)26-20-10-6-9-19(25-3)21(17)20/h4-6,9-12,18H,1-2,7-8,13H2,3H3,(H2,22,23,24). The van der Waals surface area contributed by atoms with Gasteiger partial charge in [-0.3, -0.25) is 0 Å². The Kier molecular flexibility index (Phi) is 5.39. The molecule has 0 bridgehead atoms. The Morgan fingerprint density at radius 1 is 1.22 bits per heavy atom. The van der Waals surface area contributed by atoms with Gasteiger partial charge in [0.1, 0.15) is 17.6 Å². The number of rotatable bonds is 7. The first kappa shape index (κ1) is 19.2. The number of hydrogen-bond donors (Lipinski definition) is 1. The van der Waals surface area contributed by atoms with Gasteiger partial charge in [-0.2, -0.15) is 0 Å². The van der Waals surface area contributed by atoms with E-state index in [0.717, 1.165) is 28.0 Å². The highest BCUT2D eigenvalue weighted by Crippen LogP contribution is 2.48. The highest BCUT2D eigenvalue weighted by molar-refractivity contribution is 7.88. The zero-order chi connectivity index (χ0) is 19.6. The smallest absolute Gasteiger partial charge is 0.213 e. The van der Waals surface area contributed by atoms with Gasteiger partial charge in [0.25, 0.3) is 0 Å². The lowest BCUT2D eigenvalue weighted by molar-refractivity contribution is 0.205. The van der Waals surface area contributed by atoms with E-state index in [1.807, 2.05) is 30.3 Å². The summed E-state index contributed by atoms with van der Waals surface area (Å²) in [4.78, 5) is 0. The summed E-state index contributed by atoms with van der Waals surface area (Å²) in [5.74, 6) is 1.20. The van der Waals surface area contributed by atoms with Crippen LogP contribution < -0.4 is 14.6 Å². The maximum absolute atomic E-state index is 11.7. The maximum atomic E-state index is 11.7. The highest BCUT2D eigenvalue weighted by Gasteiger charge is 2.29. The van der Waals surface area contributed by atoms with E-state index in [2.05, 4.69) is 13.2 Å². The van der Waals surface area contributed by atoms with Crippen molar-refractivity contribution in [3.05, 3.63) is 72.3 Å². The number of benzene rings is 2. The van der Waals surface area contributed by atoms with Crippen LogP contribution in [-0.4, -0.2) is 15.5 Å². The van der Waals surface area contributed by atoms with E-state index >= 15 is 0 Å². The number of primary sulfonamides is 1. The van der Waals surface area contributed by atoms with Gasteiger partial charge >= 0.3 is 0 Å². The second kappa shape index (κ2) is 7.58. The number of sulfonamides is 1. The summed E-state index contributed by atoms with van der Waals surface area (Å²) in [5, 5.41) is 5.30. The fourth-order valence-electron chi connectivity index (χ4n) is 3.48. The number of nitrogens with two attached hydrogens (primary N) is 1. The van der Waals surface area contributed by atoms with Gasteiger partial charge in [0, 0.05) is 12.0 Å². The molecule has 1 heterocycles. The van der Waals surface area contributed by atoms with Crippen molar-refractivity contribution in [1.29, 1.82) is 0 Å². The van der Waals surface area contributed by atoms with E-state index in [-0.39, 0.29) is 11.9 Å². The minimum Gasteiger partial charge on any atom is -0.496 e. The monoisotopic (exact) mass is 385 g/mol. The van der Waals surface area contributed by atoms with Gasteiger partial charge in [0.15, 0.2) is 0 Å². The van der Waals surface area contributed by atoms with E-state index < -0.39 is 10.0 Å². The summed E-state index contributed by atoms with van der Waals surface area (Å²) in [5.41, 5.74) is 4.26. The average Bonchev–Trinajstić information content (AvgIpc) is 2.61. The normalized spacial score (nSPS) is 15.3. The minimum atomic E-state index is -3.67. The zero-order valence-electron chi connectivity index (χ0n) is 15.3. The summed E-state index contributed by atoms with van der Waals surface area (Å²) in [6.07, 6.45) is 4.41. The van der Waals surface area contributed by atoms with Crippen molar-refractivity contribution in [3.63, 3.8) is 0 Å². The van der Waals surface area contributed by atoms with Crippen molar-refractivity contribution >= 4 is 10.0 Å². The van der Waals surface area contributed by atoms with Crippen LogP contribution >= 0.6 is 0 Å². The first-order valence-corrected chi connectivity index (χ1v) is 10.3. The molecule has 0 aromatic heterocycles. The van der Waals surface area contributed by atoms with Crippen molar-refractivity contribution in [2.75, 3.05) is 7.11 Å². The summed E-state index contributed by atoms with van der Waals surface area (Å²) >= 11 is 0. The quantitative estimate of drug-likeness (QED) is 0.734. The highest BCUT2D eigenvalue weighted by atomic mass is 32.2. The molecular weight excluding hydrogens is 362 g/mol. The van der Waals surface area contributed by atoms with Crippen LogP contribution in [0.5, 0.6) is 11.5 Å². The zero-order valence-corrected chi connectivity index (χ0v) is 16.1. The van der Waals surface area contributed by atoms with Crippen LogP contribution in [0.1, 0.15) is 29.2 Å². The fraction of sp³-hybridized carbons (Fsp3) is 0.238. The molecule has 2 N–H and O–H groups in total. The molecule has 0 fully saturated rings. The van der Waals surface area contributed by atoms with E-state index in [0.29, 0.717) is 24.2 Å². The Bertz CT molecular complexity index is 995. The third-order valence-electron chi connectivity index (χ3n) is 4.57. The number of allylic oxidation sites excluding steroid dienone is 1. The van der Waals surface area contributed by atoms with E-state index in [1.54, 1.807) is 19.3 Å². The molecule has 27 heavy (non-hydrogen) atoms. The van der Waals surface area contributed by atoms with Gasteiger partial charge in [-0.15, -0.1) is 13.2 Å². The lowest BCUT2D eigenvalue weighted by Gasteiger charge is -2.30. The topological polar surface area (TPSA) is 78.6 Å². The molecule has 0 spiro atoms. The molecule has 1 aliphatic rings. The Morgan fingerprint density at radius 2 is 2.00 bits per heavy atom. The van der Waals surface area contributed by atoms with Crippen LogP contribution in [0.2, 0.25) is 0 Å². The van der Waals surface area contributed by atoms with Crippen molar-refractivity contribution in [1.82, 2.24) is 0 Å². The molecule has 3 rings (SSSR count). The van der Waals surface area contributed by atoms with E-state index in [9.17, 15) is 8.42 Å². The summed E-state index contributed by atoms with van der Waals surface area (Å²) in [6, 6.07) is 9.54. The van der Waals surface area contributed by atoms with Gasteiger partial charge in [-0.1, -0.05) is 24.3 Å². The lowest BCUT2D eigenvalue weighted by Crippen LogP contribution is -2.18. The molecule has 0 amide bonds. The van der Waals surface area contributed by atoms with Crippen molar-refractivity contribution in [2.45, 2.75) is 24.7 Å². The molecule has 2 aromatic carbocycles. The molecule has 0 radical (unpaired) electrons. The molecule has 1 aliphatic heterocycles. The molecule has 1 atom stereocenters. The Hall–Kier alpha value is -2.57. The summed E-state index contributed by atoms with van der Waals surface area (Å²) in [6.45, 7) is 7.60. The van der Waals surface area contributed by atoms with Gasteiger partial charge in [-0.25, -0.2) is 13.6 Å². The van der Waals surface area contributed by atoms with Gasteiger partial charge in [0.05, 0.1) is 18.4 Å². The van der Waals surface area contributed by atoms with Crippen molar-refractivity contribution < 1.29 is 17.9 Å². The summed E-state index contributed by atoms with van der Waals surface area (Å²) in [7, 11) is -2.05. The molecule has 142 valence electrons. The van der Waals surface area contributed by atoms with E-state index in [4.69, 9.17) is 14.6 Å². The number of hydrogen-bond acceptors (Lipinski definition) is 4. The van der Waals surface area contributed by atoms with Crippen LogP contribution in [0.25, 0.3) is 11.1 Å². The fourth-order valence-corrected chi connectivity index (χ4v) is 4.18. The summed E-state index contributed by atoms with van der Waals surface area (Å²) < 4.78 is 35.1. The molecular formula is C21H23NO4S. The predicted molar refractivity (Wildman–Crippen MR) is 107 cm³/mol. The average molecular weight is 385 g/mol. The van der Waals surface area contributed by atoms with Crippen LogP contribution in [0.3, 0.4) is 0 Å². The third-order valence-corrected chi connectivity index (χ3v) is 5.28. The van der Waals surface area contributed by atoms with Crippen LogP contribution in [0.4, 0.5) is 0 Å². The molecule has 1 unspecified atom stereocenters. The van der Waals surface area contributed by atoms with Gasteiger partial charge < -0.3 is 9.47 Å². The second-order valence-corrected chi connectivity index (χ2v) is 8.09. The van der Waals surface area contributed by atoms with Gasteiger partial charge in [0.2, 0.25) is 10.0 Å². The van der Waals surface area contributed by atoms with Crippen LogP contribution in [-0.2, 0) is 22.2 Å². The minimum absolute atomic E-state index is 0.233. The maximum Gasteiger partial charge on any atom is 0.213 e. The molecule has 5 nitrogen and oxygen atoms in total. The first-order chi connectivity index (χ1) is 12.9. The van der Waals surface area contributed by atoms with E-state index in [1.165, 1.54) is 0 Å². The first-order valence-electron chi connectivity index (χ1n) is 8.60. The SMILES string of the molecule is C=CCc1cc2c(cc1CS(N)(=O)=O)C(CC=C)Oc1cccc(OC)c1-2. The van der Waals surface area contributed by atoms with Crippen molar-refractivity contribution in [2.24, 2.45) is 5.14 Å². The molecule has 0 saturated heterocycles. The van der Waals surface area contributed by atoms with Crippen LogP contribution in [0, 0.1) is 0 Å². The predicted octanol–water partition coefficient (Wildman–Crippen LogP) is 3.89. The van der Waals surface area contributed by atoms with Gasteiger partial charge in [-0.05, 0) is 41.3 Å². The molecule has 6 heteroatoms. The van der Waals surface area contributed by atoms with Crippen LogP contribution in [0.15, 0.2) is 55.6 Å². The second-order valence-electron chi connectivity index (χ2n) is 6.47. The van der Waals surface area contributed by atoms with Crippen molar-refractivity contribution in [3.8, 4) is 22.6 Å². The lowest BCUT2D eigenvalue weighted by atomic mass is 9.87. The Balaban J connectivity index is 2.28. The molecule has 2 aromatic rings. The third kappa shape index (κ3) is 3.91. The molecule has 0 aliphatic carbocycles. The largest absolute Gasteiger partial charge is 0.496 e. The number of methoxy groups -OCH3 is 1.